The Kier molecular flexibility index (Phi) is 3.27. The molecule has 4 N–H and O–H groups in total. The van der Waals surface area contributed by atoms with Crippen LogP contribution in [0, 0.1) is 0 Å². The summed E-state index contributed by atoms with van der Waals surface area (Å²) in [5.41, 5.74) is 11.0. The topological polar surface area (TPSA) is 52.0 Å². The second kappa shape index (κ2) is 3.22. The van der Waals surface area contributed by atoms with E-state index in [-0.39, 0.29) is 0 Å². The van der Waals surface area contributed by atoms with Gasteiger partial charge in [-0.1, -0.05) is 19.5 Å². The van der Waals surface area contributed by atoms with Gasteiger partial charge in [0.05, 0.1) is 8.07 Å². The van der Waals surface area contributed by atoms with Crippen LogP contribution < -0.4 is 11.5 Å². The first kappa shape index (κ1) is 8.14. The smallest absolute Gasteiger partial charge is 0.0793 e. The zero-order valence-electron chi connectivity index (χ0n) is 5.78. The van der Waals surface area contributed by atoms with Crippen molar-refractivity contribution >= 4 is 8.07 Å². The average molecular weight is 132 g/mol. The van der Waals surface area contributed by atoms with Gasteiger partial charge in [0.1, 0.15) is 0 Å². The van der Waals surface area contributed by atoms with E-state index in [1.807, 2.05) is 0 Å². The van der Waals surface area contributed by atoms with Crippen LogP contribution in [-0.2, 0) is 0 Å². The first-order chi connectivity index (χ1) is 3.68. The van der Waals surface area contributed by atoms with Crippen LogP contribution in [0.2, 0.25) is 12.6 Å². The molecule has 2 nitrogen and oxygen atoms in total. The van der Waals surface area contributed by atoms with Crippen molar-refractivity contribution in [1.29, 1.82) is 0 Å². The molecule has 0 atom stereocenters. The van der Waals surface area contributed by atoms with E-state index in [1.165, 1.54) is 6.04 Å². The molecule has 0 unspecified atom stereocenters. The summed E-state index contributed by atoms with van der Waals surface area (Å²) in [5.74, 6) is 0. The highest BCUT2D eigenvalue weighted by Crippen LogP contribution is 2.02. The molecule has 0 aromatic rings. The second-order valence-corrected chi connectivity index (χ2v) is 7.72. The lowest BCUT2D eigenvalue weighted by Crippen LogP contribution is -2.46. The molecule has 0 spiro atoms. The summed E-state index contributed by atoms with van der Waals surface area (Å²) in [6, 6.07) is 1.21. The van der Waals surface area contributed by atoms with Crippen molar-refractivity contribution in [2.45, 2.75) is 19.5 Å². The maximum absolute atomic E-state index is 5.51. The van der Waals surface area contributed by atoms with Gasteiger partial charge in [-0.15, -0.1) is 0 Å². The zero-order valence-corrected chi connectivity index (χ0v) is 6.78. The lowest BCUT2D eigenvalue weighted by molar-refractivity contribution is 1.14. The maximum Gasteiger partial charge on any atom is 0.0793 e. The Bertz CT molecular complexity index is 53.2. The third kappa shape index (κ3) is 1.94. The van der Waals surface area contributed by atoms with Crippen LogP contribution in [0.15, 0.2) is 0 Å². The quantitative estimate of drug-likeness (QED) is 0.534. The van der Waals surface area contributed by atoms with Crippen LogP contribution in [0.5, 0.6) is 0 Å². The molecular formula is C5H16N2Si. The Morgan fingerprint density at radius 1 is 1.25 bits per heavy atom. The average Bonchev–Trinajstić information content (AvgIpc) is 1.87. The normalized spacial score (nSPS) is 12.0. The molecule has 50 valence electrons. The highest BCUT2D eigenvalue weighted by atomic mass is 28.3. The van der Waals surface area contributed by atoms with E-state index in [9.17, 15) is 0 Å². The molecule has 0 saturated heterocycles. The van der Waals surface area contributed by atoms with E-state index in [0.29, 0.717) is 0 Å². The Hall–Kier alpha value is 0.137. The summed E-state index contributed by atoms with van der Waals surface area (Å²) in [7, 11) is -1.12. The Labute approximate surface area is 52.3 Å². The molecule has 0 rings (SSSR count). The Balaban J connectivity index is 3.58. The summed E-state index contributed by atoms with van der Waals surface area (Å²) >= 11 is 0. The minimum atomic E-state index is -1.12. The van der Waals surface area contributed by atoms with Crippen LogP contribution in [0.4, 0.5) is 0 Å². The summed E-state index contributed by atoms with van der Waals surface area (Å²) in [4.78, 5) is 0. The van der Waals surface area contributed by atoms with Crippen LogP contribution in [0.3, 0.4) is 0 Å². The SMILES string of the molecule is CC[Si](C)(CN)CN. The monoisotopic (exact) mass is 132 g/mol. The fraction of sp³-hybridized carbons (Fsp3) is 1.00. The van der Waals surface area contributed by atoms with Crippen LogP contribution in [0.1, 0.15) is 6.92 Å². The van der Waals surface area contributed by atoms with Gasteiger partial charge in [-0.25, -0.2) is 0 Å². The van der Waals surface area contributed by atoms with Gasteiger partial charge < -0.3 is 11.5 Å². The van der Waals surface area contributed by atoms with Gasteiger partial charge in [0, 0.05) is 0 Å². The molecule has 0 bridgehead atoms. The predicted octanol–water partition coefficient (Wildman–Crippen LogP) is 0.0807. The van der Waals surface area contributed by atoms with Gasteiger partial charge in [0.2, 0.25) is 0 Å². The minimum Gasteiger partial charge on any atom is -0.333 e. The molecule has 0 amide bonds. The molecule has 0 aliphatic rings. The van der Waals surface area contributed by atoms with Crippen molar-refractivity contribution in [3.8, 4) is 0 Å². The number of nitrogens with two attached hydrogens (primary N) is 2. The number of hydrogen-bond donors (Lipinski definition) is 2. The van der Waals surface area contributed by atoms with Gasteiger partial charge in [-0.2, -0.15) is 0 Å². The first-order valence-corrected chi connectivity index (χ1v) is 6.21. The summed E-state index contributed by atoms with van der Waals surface area (Å²) in [6.07, 6.45) is 1.67. The second-order valence-electron chi connectivity index (χ2n) is 2.57. The van der Waals surface area contributed by atoms with E-state index in [2.05, 4.69) is 13.5 Å². The Morgan fingerprint density at radius 3 is 1.62 bits per heavy atom. The van der Waals surface area contributed by atoms with Crippen molar-refractivity contribution < 1.29 is 0 Å². The van der Waals surface area contributed by atoms with Gasteiger partial charge in [-0.3, -0.25) is 0 Å². The third-order valence-electron chi connectivity index (χ3n) is 1.84. The maximum atomic E-state index is 5.51. The van der Waals surface area contributed by atoms with E-state index >= 15 is 0 Å². The molecule has 0 heterocycles. The molecule has 0 aliphatic heterocycles. The van der Waals surface area contributed by atoms with Crippen molar-refractivity contribution in [3.05, 3.63) is 0 Å². The standard InChI is InChI=1S/C5H16N2Si/c1-3-8(2,4-6)5-7/h3-7H2,1-2H3. The summed E-state index contributed by atoms with van der Waals surface area (Å²) in [6.45, 7) is 4.42. The molecule has 3 heteroatoms. The van der Waals surface area contributed by atoms with Crippen LogP contribution in [0.25, 0.3) is 0 Å². The molecule has 0 aliphatic carbocycles. The molecule has 0 aromatic heterocycles. The van der Waals surface area contributed by atoms with E-state index in [1.54, 1.807) is 0 Å². The lowest BCUT2D eigenvalue weighted by atomic mass is 11.0. The number of rotatable bonds is 3. The molecule has 0 saturated carbocycles. The van der Waals surface area contributed by atoms with Crippen molar-refractivity contribution in [3.63, 3.8) is 0 Å². The van der Waals surface area contributed by atoms with Gasteiger partial charge in [-0.05, 0) is 12.3 Å². The van der Waals surface area contributed by atoms with Crippen molar-refractivity contribution in [1.82, 2.24) is 0 Å². The van der Waals surface area contributed by atoms with Crippen LogP contribution >= 0.6 is 0 Å². The fourth-order valence-corrected chi connectivity index (χ4v) is 1.12. The Morgan fingerprint density at radius 2 is 1.62 bits per heavy atom. The van der Waals surface area contributed by atoms with Crippen molar-refractivity contribution in [2.75, 3.05) is 12.3 Å². The van der Waals surface area contributed by atoms with Gasteiger partial charge in [0.15, 0.2) is 0 Å². The van der Waals surface area contributed by atoms with Crippen molar-refractivity contribution in [2.24, 2.45) is 11.5 Å². The van der Waals surface area contributed by atoms with Crippen LogP contribution in [-0.4, -0.2) is 20.4 Å². The van der Waals surface area contributed by atoms with Gasteiger partial charge >= 0.3 is 0 Å². The third-order valence-corrected chi connectivity index (χ3v) is 5.52. The molecule has 8 heavy (non-hydrogen) atoms. The zero-order chi connectivity index (χ0) is 6.62. The molecular weight excluding hydrogens is 116 g/mol. The predicted molar refractivity (Wildman–Crippen MR) is 40.2 cm³/mol. The lowest BCUT2D eigenvalue weighted by Gasteiger charge is -2.20. The highest BCUT2D eigenvalue weighted by Gasteiger charge is 2.19. The summed E-state index contributed by atoms with van der Waals surface area (Å²) < 4.78 is 0. The minimum absolute atomic E-state index is 0.833. The number of hydrogen-bond acceptors (Lipinski definition) is 2. The first-order valence-electron chi connectivity index (χ1n) is 3.08. The largest absolute Gasteiger partial charge is 0.333 e. The fourth-order valence-electron chi connectivity index (χ4n) is 0.372. The molecule has 0 aromatic carbocycles. The van der Waals surface area contributed by atoms with E-state index < -0.39 is 8.07 Å². The highest BCUT2D eigenvalue weighted by molar-refractivity contribution is 6.78. The van der Waals surface area contributed by atoms with E-state index in [0.717, 1.165) is 12.3 Å². The molecule has 0 fully saturated rings. The summed E-state index contributed by atoms with van der Waals surface area (Å²) in [5, 5.41) is 0. The molecule has 0 radical (unpaired) electrons. The van der Waals surface area contributed by atoms with Gasteiger partial charge in [0.25, 0.3) is 0 Å². The van der Waals surface area contributed by atoms with E-state index in [4.69, 9.17) is 11.5 Å².